The molecule has 6 heteroatoms. The van der Waals surface area contributed by atoms with Crippen molar-refractivity contribution in [3.63, 3.8) is 0 Å². The molecule has 2 aliphatic heterocycles. The molecule has 0 saturated carbocycles. The summed E-state index contributed by atoms with van der Waals surface area (Å²) in [6.07, 6.45) is 5.50. The van der Waals surface area contributed by atoms with Gasteiger partial charge < -0.3 is 9.64 Å². The second-order valence-electron chi connectivity index (χ2n) is 6.97. The van der Waals surface area contributed by atoms with Crippen molar-refractivity contribution in [3.05, 3.63) is 29.8 Å². The van der Waals surface area contributed by atoms with E-state index in [0.717, 1.165) is 31.5 Å². The van der Waals surface area contributed by atoms with E-state index in [1.807, 2.05) is 29.2 Å². The number of hydrogen-bond donors (Lipinski definition) is 1. The van der Waals surface area contributed by atoms with E-state index in [1.54, 1.807) is 0 Å². The Bertz CT molecular complexity index is 668. The summed E-state index contributed by atoms with van der Waals surface area (Å²) in [4.78, 5) is 37.3. The summed E-state index contributed by atoms with van der Waals surface area (Å²) in [6, 6.07) is 7.44. The lowest BCUT2D eigenvalue weighted by molar-refractivity contribution is -0.134. The number of nitrogens with zero attached hydrogens (tertiary/aromatic N) is 1. The van der Waals surface area contributed by atoms with Gasteiger partial charge in [-0.3, -0.25) is 19.7 Å². The molecule has 0 aliphatic carbocycles. The predicted octanol–water partition coefficient (Wildman–Crippen LogP) is 2.38. The predicted molar refractivity (Wildman–Crippen MR) is 96.7 cm³/mol. The lowest BCUT2D eigenvalue weighted by Crippen LogP contribution is -2.39. The van der Waals surface area contributed by atoms with E-state index in [4.69, 9.17) is 4.74 Å². The summed E-state index contributed by atoms with van der Waals surface area (Å²) < 4.78 is 5.76. The van der Waals surface area contributed by atoms with Gasteiger partial charge in [-0.25, -0.2) is 0 Å². The lowest BCUT2D eigenvalue weighted by Gasteiger charge is -2.26. The van der Waals surface area contributed by atoms with Gasteiger partial charge in [0.1, 0.15) is 5.75 Å². The minimum Gasteiger partial charge on any atom is -0.494 e. The number of rotatable bonds is 6. The minimum atomic E-state index is -0.308. The Morgan fingerprint density at radius 2 is 2.00 bits per heavy atom. The standard InChI is InChI=1S/C20H26N2O4/c23-18-10-9-17(20(25)21-18)15-6-4-7-16(14-15)26-13-5-8-19(24)22-11-2-1-3-12-22/h4,6-7,14,17H,1-3,5,8-13H2,(H,21,23,25). The van der Waals surface area contributed by atoms with E-state index in [1.165, 1.54) is 6.42 Å². The van der Waals surface area contributed by atoms with Crippen molar-refractivity contribution in [3.8, 4) is 5.75 Å². The maximum absolute atomic E-state index is 12.1. The topological polar surface area (TPSA) is 75.7 Å². The zero-order valence-electron chi connectivity index (χ0n) is 15.0. The summed E-state index contributed by atoms with van der Waals surface area (Å²) in [5.74, 6) is 0.141. The molecule has 0 bridgehead atoms. The number of carbonyl (C=O) groups excluding carboxylic acids is 3. The van der Waals surface area contributed by atoms with Crippen LogP contribution in [0.2, 0.25) is 0 Å². The molecule has 0 spiro atoms. The van der Waals surface area contributed by atoms with Gasteiger partial charge in [0, 0.05) is 25.9 Å². The average molecular weight is 358 g/mol. The Morgan fingerprint density at radius 3 is 2.77 bits per heavy atom. The molecular formula is C20H26N2O4. The van der Waals surface area contributed by atoms with Crippen LogP contribution in [0.5, 0.6) is 5.75 Å². The van der Waals surface area contributed by atoms with Crippen LogP contribution >= 0.6 is 0 Å². The molecule has 1 unspecified atom stereocenters. The van der Waals surface area contributed by atoms with E-state index in [0.29, 0.717) is 38.0 Å². The van der Waals surface area contributed by atoms with Gasteiger partial charge in [-0.1, -0.05) is 12.1 Å². The third-order valence-corrected chi connectivity index (χ3v) is 5.01. The van der Waals surface area contributed by atoms with Crippen LogP contribution in [0.3, 0.4) is 0 Å². The molecule has 140 valence electrons. The molecule has 3 amide bonds. The Morgan fingerprint density at radius 1 is 1.19 bits per heavy atom. The fraction of sp³-hybridized carbons (Fsp3) is 0.550. The van der Waals surface area contributed by atoms with Gasteiger partial charge >= 0.3 is 0 Å². The highest BCUT2D eigenvalue weighted by Gasteiger charge is 2.28. The van der Waals surface area contributed by atoms with Gasteiger partial charge in [-0.15, -0.1) is 0 Å². The Labute approximate surface area is 153 Å². The van der Waals surface area contributed by atoms with Crippen molar-refractivity contribution >= 4 is 17.7 Å². The largest absolute Gasteiger partial charge is 0.494 e. The third-order valence-electron chi connectivity index (χ3n) is 5.01. The highest BCUT2D eigenvalue weighted by molar-refractivity contribution is 6.00. The fourth-order valence-electron chi connectivity index (χ4n) is 3.55. The smallest absolute Gasteiger partial charge is 0.234 e. The highest BCUT2D eigenvalue weighted by atomic mass is 16.5. The maximum Gasteiger partial charge on any atom is 0.234 e. The summed E-state index contributed by atoms with van der Waals surface area (Å²) in [5, 5.41) is 2.38. The van der Waals surface area contributed by atoms with Crippen LogP contribution in [0, 0.1) is 0 Å². The molecule has 26 heavy (non-hydrogen) atoms. The number of benzene rings is 1. The average Bonchev–Trinajstić information content (AvgIpc) is 2.66. The van der Waals surface area contributed by atoms with E-state index in [2.05, 4.69) is 5.32 Å². The Hall–Kier alpha value is -2.37. The third kappa shape index (κ3) is 4.84. The molecule has 0 radical (unpaired) electrons. The molecule has 2 heterocycles. The number of piperidine rings is 2. The van der Waals surface area contributed by atoms with Crippen molar-refractivity contribution in [1.82, 2.24) is 10.2 Å². The molecular weight excluding hydrogens is 332 g/mol. The number of likely N-dealkylation sites (tertiary alicyclic amines) is 1. The van der Waals surface area contributed by atoms with Gasteiger partial charge in [0.2, 0.25) is 17.7 Å². The van der Waals surface area contributed by atoms with E-state index in [-0.39, 0.29) is 23.6 Å². The molecule has 0 aromatic heterocycles. The molecule has 1 N–H and O–H groups in total. The summed E-state index contributed by atoms with van der Waals surface area (Å²) in [7, 11) is 0. The first kappa shape index (κ1) is 18.4. The first-order valence-electron chi connectivity index (χ1n) is 9.48. The lowest BCUT2D eigenvalue weighted by atomic mass is 9.90. The van der Waals surface area contributed by atoms with Crippen LogP contribution in [0.1, 0.15) is 56.4 Å². The van der Waals surface area contributed by atoms with Crippen LogP contribution in [0.25, 0.3) is 0 Å². The van der Waals surface area contributed by atoms with Crippen LogP contribution in [0.4, 0.5) is 0 Å². The summed E-state index contributed by atoms with van der Waals surface area (Å²) >= 11 is 0. The van der Waals surface area contributed by atoms with Crippen molar-refractivity contribution in [2.24, 2.45) is 0 Å². The van der Waals surface area contributed by atoms with Gasteiger partial charge in [-0.05, 0) is 49.8 Å². The molecule has 3 rings (SSSR count). The maximum atomic E-state index is 12.1. The number of ether oxygens (including phenoxy) is 1. The van der Waals surface area contributed by atoms with E-state index >= 15 is 0 Å². The highest BCUT2D eigenvalue weighted by Crippen LogP contribution is 2.27. The number of carbonyl (C=O) groups is 3. The van der Waals surface area contributed by atoms with Crippen LogP contribution in [-0.4, -0.2) is 42.3 Å². The molecule has 2 aliphatic rings. The number of hydrogen-bond acceptors (Lipinski definition) is 4. The number of amides is 3. The van der Waals surface area contributed by atoms with Gasteiger partial charge in [0.25, 0.3) is 0 Å². The molecule has 2 fully saturated rings. The molecule has 2 saturated heterocycles. The second kappa shape index (κ2) is 8.83. The first-order valence-corrected chi connectivity index (χ1v) is 9.48. The molecule has 1 aromatic carbocycles. The normalized spacial score (nSPS) is 20.6. The van der Waals surface area contributed by atoms with Crippen LogP contribution in [0.15, 0.2) is 24.3 Å². The van der Waals surface area contributed by atoms with Gasteiger partial charge in [0.15, 0.2) is 0 Å². The van der Waals surface area contributed by atoms with Crippen molar-refractivity contribution in [2.45, 2.75) is 50.9 Å². The number of nitrogens with one attached hydrogen (secondary N) is 1. The number of imide groups is 1. The van der Waals surface area contributed by atoms with E-state index in [9.17, 15) is 14.4 Å². The quantitative estimate of drug-likeness (QED) is 0.626. The van der Waals surface area contributed by atoms with Crippen molar-refractivity contribution in [2.75, 3.05) is 19.7 Å². The zero-order chi connectivity index (χ0) is 18.4. The summed E-state index contributed by atoms with van der Waals surface area (Å²) in [6.45, 7) is 2.24. The van der Waals surface area contributed by atoms with Crippen molar-refractivity contribution < 1.29 is 19.1 Å². The van der Waals surface area contributed by atoms with Gasteiger partial charge in [-0.2, -0.15) is 0 Å². The monoisotopic (exact) mass is 358 g/mol. The van der Waals surface area contributed by atoms with Crippen molar-refractivity contribution in [1.29, 1.82) is 0 Å². The minimum absolute atomic E-state index is 0.211. The Balaban J connectivity index is 1.46. The molecule has 6 nitrogen and oxygen atoms in total. The SMILES string of the molecule is O=C1CCC(c2cccc(OCCCC(=O)N3CCCCC3)c2)C(=O)N1. The zero-order valence-corrected chi connectivity index (χ0v) is 15.0. The van der Waals surface area contributed by atoms with E-state index < -0.39 is 0 Å². The first-order chi connectivity index (χ1) is 12.6. The van der Waals surface area contributed by atoms with Crippen LogP contribution < -0.4 is 10.1 Å². The Kier molecular flexibility index (Phi) is 6.26. The fourth-order valence-corrected chi connectivity index (χ4v) is 3.55. The summed E-state index contributed by atoms with van der Waals surface area (Å²) in [5.41, 5.74) is 0.858. The molecule has 1 atom stereocenters. The molecule has 1 aromatic rings. The van der Waals surface area contributed by atoms with Gasteiger partial charge in [0.05, 0.1) is 12.5 Å². The van der Waals surface area contributed by atoms with Crippen LogP contribution in [-0.2, 0) is 14.4 Å². The second-order valence-corrected chi connectivity index (χ2v) is 6.97.